The molecule has 136 valence electrons. The summed E-state index contributed by atoms with van der Waals surface area (Å²) in [6.07, 6.45) is 1.68. The first-order valence-corrected chi connectivity index (χ1v) is 9.55. The molecule has 0 unspecified atom stereocenters. The third-order valence-corrected chi connectivity index (χ3v) is 4.38. The van der Waals surface area contributed by atoms with Gasteiger partial charge in [0.25, 0.3) is 0 Å². The molecule has 0 aliphatic heterocycles. The van der Waals surface area contributed by atoms with Crippen molar-refractivity contribution < 1.29 is 9.53 Å². The number of nitrogens with zero attached hydrogens (tertiary/aromatic N) is 1. The van der Waals surface area contributed by atoms with Crippen LogP contribution in [0.5, 0.6) is 5.75 Å². The lowest BCUT2D eigenvalue weighted by molar-refractivity contribution is 0.237. The number of rotatable bonds is 11. The Morgan fingerprint density at radius 1 is 1.21 bits per heavy atom. The first-order chi connectivity index (χ1) is 11.6. The van der Waals surface area contributed by atoms with E-state index in [1.165, 1.54) is 0 Å². The molecule has 0 fully saturated rings. The van der Waals surface area contributed by atoms with Gasteiger partial charge >= 0.3 is 6.03 Å². The molecule has 1 aromatic rings. The Balaban J connectivity index is 2.05. The van der Waals surface area contributed by atoms with Crippen molar-refractivity contribution in [2.24, 2.45) is 0 Å². The van der Waals surface area contributed by atoms with Crippen LogP contribution in [0.25, 0.3) is 0 Å². The number of carbonyl (C=O) groups is 1. The van der Waals surface area contributed by atoms with Crippen molar-refractivity contribution in [2.45, 2.75) is 26.7 Å². The zero-order chi connectivity index (χ0) is 17.8. The molecule has 0 heterocycles. The maximum absolute atomic E-state index is 11.6. The second-order valence-corrected chi connectivity index (χ2v) is 6.66. The highest BCUT2D eigenvalue weighted by Crippen LogP contribution is 2.27. The molecule has 0 atom stereocenters. The number of ether oxygens (including phenoxy) is 1. The van der Waals surface area contributed by atoms with Gasteiger partial charge in [-0.2, -0.15) is 0 Å². The van der Waals surface area contributed by atoms with Crippen LogP contribution in [0.4, 0.5) is 4.79 Å². The summed E-state index contributed by atoms with van der Waals surface area (Å²) in [5.74, 6) is 0.653. The number of nitrogens with one attached hydrogen (secondary N) is 2. The number of halogens is 2. The Kier molecular flexibility index (Phi) is 10.9. The third-order valence-electron chi connectivity index (χ3n) is 3.59. The van der Waals surface area contributed by atoms with Gasteiger partial charge in [-0.15, -0.1) is 0 Å². The number of carbonyl (C=O) groups excluding carboxylic acids is 1. The van der Waals surface area contributed by atoms with Gasteiger partial charge in [0.2, 0.25) is 0 Å². The molecule has 2 N–H and O–H groups in total. The second kappa shape index (κ2) is 12.4. The first-order valence-electron chi connectivity index (χ1n) is 8.38. The molecule has 0 bridgehead atoms. The van der Waals surface area contributed by atoms with Crippen LogP contribution in [0.15, 0.2) is 22.7 Å². The minimum atomic E-state index is -0.128. The minimum absolute atomic E-state index is 0.128. The fourth-order valence-corrected chi connectivity index (χ4v) is 2.88. The van der Waals surface area contributed by atoms with Crippen LogP contribution >= 0.6 is 27.5 Å². The normalized spacial score (nSPS) is 10.7. The van der Waals surface area contributed by atoms with E-state index >= 15 is 0 Å². The molecule has 0 spiro atoms. The van der Waals surface area contributed by atoms with Gasteiger partial charge in [0, 0.05) is 17.6 Å². The predicted octanol–water partition coefficient (Wildman–Crippen LogP) is 3.90. The maximum atomic E-state index is 11.6. The van der Waals surface area contributed by atoms with E-state index in [1.54, 1.807) is 6.07 Å². The summed E-state index contributed by atoms with van der Waals surface area (Å²) in [7, 11) is 0. The third kappa shape index (κ3) is 8.76. The van der Waals surface area contributed by atoms with Gasteiger partial charge in [0.1, 0.15) is 5.75 Å². The van der Waals surface area contributed by atoms with Crippen molar-refractivity contribution in [3.63, 3.8) is 0 Å². The molecule has 0 aliphatic carbocycles. The molecular weight excluding hydrogens is 394 g/mol. The smallest absolute Gasteiger partial charge is 0.314 e. The van der Waals surface area contributed by atoms with E-state index in [0.29, 0.717) is 30.5 Å². The van der Waals surface area contributed by atoms with Crippen LogP contribution < -0.4 is 15.4 Å². The predicted molar refractivity (Wildman–Crippen MR) is 103 cm³/mol. The van der Waals surface area contributed by atoms with Crippen LogP contribution in [0.2, 0.25) is 5.02 Å². The number of hydrogen-bond donors (Lipinski definition) is 2. The van der Waals surface area contributed by atoms with E-state index in [4.69, 9.17) is 16.3 Å². The summed E-state index contributed by atoms with van der Waals surface area (Å²) in [5.41, 5.74) is 0. The largest absolute Gasteiger partial charge is 0.492 e. The van der Waals surface area contributed by atoms with Crippen LogP contribution in [0.3, 0.4) is 0 Å². The molecule has 0 saturated carbocycles. The molecule has 0 aliphatic rings. The molecular formula is C17H27BrClN3O2. The monoisotopic (exact) mass is 419 g/mol. The molecule has 24 heavy (non-hydrogen) atoms. The van der Waals surface area contributed by atoms with Gasteiger partial charge in [-0.05, 0) is 50.7 Å². The fraction of sp³-hybridized carbons (Fsp3) is 0.588. The Morgan fingerprint density at radius 2 is 1.88 bits per heavy atom. The van der Waals surface area contributed by atoms with E-state index in [-0.39, 0.29) is 6.03 Å². The lowest BCUT2D eigenvalue weighted by Crippen LogP contribution is -2.38. The highest BCUT2D eigenvalue weighted by Gasteiger charge is 2.03. The number of amides is 2. The Morgan fingerprint density at radius 3 is 2.50 bits per heavy atom. The summed E-state index contributed by atoms with van der Waals surface area (Å²) in [4.78, 5) is 14.0. The SMILES string of the molecule is CCN(CC)CCCNC(=O)NCCCOc1ccc(Br)cc1Cl. The summed E-state index contributed by atoms with van der Waals surface area (Å²) in [6, 6.07) is 5.37. The van der Waals surface area contributed by atoms with Gasteiger partial charge in [0.15, 0.2) is 0 Å². The Labute approximate surface area is 158 Å². The second-order valence-electron chi connectivity index (χ2n) is 5.34. The Hall–Kier alpha value is -0.980. The molecule has 1 aromatic carbocycles. The van der Waals surface area contributed by atoms with Crippen molar-refractivity contribution in [1.29, 1.82) is 0 Å². The number of urea groups is 1. The van der Waals surface area contributed by atoms with Crippen molar-refractivity contribution in [1.82, 2.24) is 15.5 Å². The van der Waals surface area contributed by atoms with Crippen molar-refractivity contribution >= 4 is 33.6 Å². The van der Waals surface area contributed by atoms with E-state index < -0.39 is 0 Å². The lowest BCUT2D eigenvalue weighted by Gasteiger charge is -2.17. The van der Waals surface area contributed by atoms with Gasteiger partial charge in [0.05, 0.1) is 11.6 Å². The van der Waals surface area contributed by atoms with Gasteiger partial charge in [-0.3, -0.25) is 0 Å². The fourth-order valence-electron chi connectivity index (χ4n) is 2.16. The average molecular weight is 421 g/mol. The molecule has 0 saturated heterocycles. The molecule has 2 amide bonds. The van der Waals surface area contributed by atoms with E-state index in [0.717, 1.165) is 36.9 Å². The van der Waals surface area contributed by atoms with Crippen LogP contribution in [0, 0.1) is 0 Å². The quantitative estimate of drug-likeness (QED) is 0.534. The minimum Gasteiger partial charge on any atom is -0.492 e. The lowest BCUT2D eigenvalue weighted by atomic mass is 10.3. The molecule has 1 rings (SSSR count). The molecule has 5 nitrogen and oxygen atoms in total. The zero-order valence-corrected chi connectivity index (χ0v) is 16.8. The van der Waals surface area contributed by atoms with E-state index in [9.17, 15) is 4.79 Å². The molecule has 7 heteroatoms. The summed E-state index contributed by atoms with van der Waals surface area (Å²) < 4.78 is 6.51. The Bertz CT molecular complexity index is 499. The topological polar surface area (TPSA) is 53.6 Å². The summed E-state index contributed by atoms with van der Waals surface area (Å²) in [5, 5.41) is 6.26. The van der Waals surface area contributed by atoms with E-state index in [1.807, 2.05) is 12.1 Å². The highest BCUT2D eigenvalue weighted by atomic mass is 79.9. The zero-order valence-electron chi connectivity index (χ0n) is 14.4. The van der Waals surface area contributed by atoms with Crippen LogP contribution in [-0.2, 0) is 0 Å². The van der Waals surface area contributed by atoms with Crippen molar-refractivity contribution in [3.8, 4) is 5.75 Å². The van der Waals surface area contributed by atoms with E-state index in [2.05, 4.69) is 45.3 Å². The average Bonchev–Trinajstić information content (AvgIpc) is 2.56. The van der Waals surface area contributed by atoms with Gasteiger partial charge in [-0.1, -0.05) is 41.4 Å². The highest BCUT2D eigenvalue weighted by molar-refractivity contribution is 9.10. The van der Waals surface area contributed by atoms with Gasteiger partial charge < -0.3 is 20.3 Å². The van der Waals surface area contributed by atoms with Crippen LogP contribution in [0.1, 0.15) is 26.7 Å². The molecule has 0 radical (unpaired) electrons. The van der Waals surface area contributed by atoms with Crippen molar-refractivity contribution in [3.05, 3.63) is 27.7 Å². The number of hydrogen-bond acceptors (Lipinski definition) is 3. The first kappa shape index (κ1) is 21.1. The van der Waals surface area contributed by atoms with Gasteiger partial charge in [-0.25, -0.2) is 4.79 Å². The van der Waals surface area contributed by atoms with Crippen LogP contribution in [-0.4, -0.2) is 50.3 Å². The maximum Gasteiger partial charge on any atom is 0.314 e. The summed E-state index contributed by atoms with van der Waals surface area (Å²) in [6.45, 7) is 9.15. The summed E-state index contributed by atoms with van der Waals surface area (Å²) >= 11 is 9.42. The van der Waals surface area contributed by atoms with Crippen molar-refractivity contribution in [2.75, 3.05) is 39.3 Å². The molecule has 0 aromatic heterocycles. The standard InChI is InChI=1S/C17H27BrClN3O2/c1-3-22(4-2)11-5-9-20-17(23)21-10-6-12-24-16-8-7-14(18)13-15(16)19/h7-8,13H,3-6,9-12H2,1-2H3,(H2,20,21,23). The number of benzene rings is 1.